The minimum absolute atomic E-state index is 0.0128. The number of aryl methyl sites for hydroxylation is 1. The van der Waals surface area contributed by atoms with Gasteiger partial charge in [-0.3, -0.25) is 4.79 Å². The molecule has 4 heterocycles. The second-order valence-electron chi connectivity index (χ2n) is 13.4. The van der Waals surface area contributed by atoms with Crippen molar-refractivity contribution in [2.45, 2.75) is 71.6 Å². The van der Waals surface area contributed by atoms with Crippen molar-refractivity contribution in [1.29, 1.82) is 0 Å². The molecular weight excluding hydrogens is 601 g/mol. The van der Waals surface area contributed by atoms with Gasteiger partial charge in [0, 0.05) is 46.1 Å². The van der Waals surface area contributed by atoms with Gasteiger partial charge in [0.2, 0.25) is 0 Å². The van der Waals surface area contributed by atoms with Crippen LogP contribution in [0.1, 0.15) is 62.4 Å². The maximum atomic E-state index is 15.9. The van der Waals surface area contributed by atoms with E-state index in [1.807, 2.05) is 33.8 Å². The van der Waals surface area contributed by atoms with Crippen LogP contribution in [-0.2, 0) is 11.3 Å². The molecule has 1 aliphatic heterocycles. The van der Waals surface area contributed by atoms with Gasteiger partial charge < -0.3 is 19.9 Å². The van der Waals surface area contributed by atoms with Gasteiger partial charge in [-0.1, -0.05) is 42.8 Å². The fraction of sp³-hybridized carbons (Fsp3) is 0.469. The van der Waals surface area contributed by atoms with Crippen molar-refractivity contribution in [2.24, 2.45) is 23.0 Å². The van der Waals surface area contributed by atoms with Gasteiger partial charge in [-0.25, -0.2) is 13.7 Å². The van der Waals surface area contributed by atoms with Crippen LogP contribution in [-0.4, -0.2) is 49.3 Å². The summed E-state index contributed by atoms with van der Waals surface area (Å²) in [6, 6.07) is 9.66. The third kappa shape index (κ3) is 4.01. The largest absolute Gasteiger partial charge is 0.443 e. The number of hydrogen-bond acceptors (Lipinski definition) is 4. The van der Waals surface area contributed by atoms with Crippen LogP contribution in [0.3, 0.4) is 0 Å². The van der Waals surface area contributed by atoms with E-state index >= 15 is 4.39 Å². The molecule has 2 unspecified atom stereocenters. The van der Waals surface area contributed by atoms with E-state index in [-0.39, 0.29) is 17.4 Å². The molecule has 2 amide bonds. The molecule has 8 nitrogen and oxygen atoms in total. The molecule has 2 N–H and O–H groups in total. The highest BCUT2D eigenvalue weighted by molar-refractivity contribution is 9.10. The van der Waals surface area contributed by atoms with Crippen molar-refractivity contribution in [3.05, 3.63) is 57.9 Å². The van der Waals surface area contributed by atoms with E-state index in [2.05, 4.69) is 38.7 Å². The molecule has 0 radical (unpaired) electrons. The highest BCUT2D eigenvalue weighted by Crippen LogP contribution is 2.57. The number of halogens is 2. The van der Waals surface area contributed by atoms with Gasteiger partial charge in [0.05, 0.1) is 16.8 Å². The summed E-state index contributed by atoms with van der Waals surface area (Å²) in [5.41, 5.74) is 8.36. The Morgan fingerprint density at radius 3 is 2.64 bits per heavy atom. The molecule has 1 aromatic carbocycles. The minimum atomic E-state index is -0.840. The lowest BCUT2D eigenvalue weighted by atomic mass is 9.70. The number of hydrogen-bond donors (Lipinski definition) is 1. The molecule has 0 spiro atoms. The number of carbonyl (C=O) groups excluding carboxylic acids is 2. The Hall–Kier alpha value is -3.40. The zero-order chi connectivity index (χ0) is 29.7. The number of ether oxygens (including phenoxy) is 1. The third-order valence-electron chi connectivity index (χ3n) is 9.89. The summed E-state index contributed by atoms with van der Waals surface area (Å²) < 4.78 is 26.3. The summed E-state index contributed by atoms with van der Waals surface area (Å²) in [4.78, 5) is 27.8. The fourth-order valence-electron chi connectivity index (χ4n) is 7.72. The lowest BCUT2D eigenvalue weighted by Gasteiger charge is -2.49. The molecule has 1 saturated heterocycles. The van der Waals surface area contributed by atoms with Crippen LogP contribution in [0.15, 0.2) is 41.0 Å². The predicted octanol–water partition coefficient (Wildman–Crippen LogP) is 6.69. The first-order valence-electron chi connectivity index (χ1n) is 14.6. The lowest BCUT2D eigenvalue weighted by Crippen LogP contribution is -2.60. The van der Waals surface area contributed by atoms with Crippen LogP contribution >= 0.6 is 15.9 Å². The molecule has 2 aliphatic carbocycles. The second-order valence-corrected chi connectivity index (χ2v) is 14.3. The van der Waals surface area contributed by atoms with Gasteiger partial charge >= 0.3 is 6.09 Å². The number of aromatic nitrogens is 3. The van der Waals surface area contributed by atoms with Crippen LogP contribution in [0, 0.1) is 30.0 Å². The SMILES string of the molecule is Cc1c(-c2cc3ccc(Br)cc3n2CC2CC2)nn2cc(C(=O)N3CC4CCC3(C(C)(C)C)[C@@H]4OC(N)=O)cc(F)c12. The smallest absolute Gasteiger partial charge is 0.404 e. The highest BCUT2D eigenvalue weighted by Gasteiger charge is 2.66. The van der Waals surface area contributed by atoms with Crippen LogP contribution in [0.4, 0.5) is 9.18 Å². The van der Waals surface area contributed by atoms with Crippen LogP contribution in [0.2, 0.25) is 0 Å². The van der Waals surface area contributed by atoms with E-state index in [0.717, 1.165) is 39.6 Å². The zero-order valence-corrected chi connectivity index (χ0v) is 25.9. The van der Waals surface area contributed by atoms with Gasteiger partial charge in [0.1, 0.15) is 23.1 Å². The average molecular weight is 637 g/mol. The van der Waals surface area contributed by atoms with Crippen LogP contribution in [0.5, 0.6) is 0 Å². The summed E-state index contributed by atoms with van der Waals surface area (Å²) in [7, 11) is 0. The summed E-state index contributed by atoms with van der Waals surface area (Å²) in [6.07, 6.45) is 4.22. The van der Waals surface area contributed by atoms with Crippen molar-refractivity contribution in [1.82, 2.24) is 19.1 Å². The molecule has 10 heteroatoms. The number of nitrogens with zero attached hydrogens (tertiary/aromatic N) is 4. The molecule has 3 aliphatic rings. The monoisotopic (exact) mass is 635 g/mol. The lowest BCUT2D eigenvalue weighted by molar-refractivity contribution is -0.0359. The molecule has 3 aromatic heterocycles. The normalized spacial score (nSPS) is 23.8. The van der Waals surface area contributed by atoms with Gasteiger partial charge in [-0.05, 0) is 68.2 Å². The molecule has 4 aromatic rings. The number of piperidine rings is 1. The number of rotatable bonds is 5. The Morgan fingerprint density at radius 1 is 1.19 bits per heavy atom. The van der Waals surface area contributed by atoms with Crippen molar-refractivity contribution in [3.8, 4) is 11.4 Å². The van der Waals surface area contributed by atoms with Gasteiger partial charge in [0.15, 0.2) is 0 Å². The van der Waals surface area contributed by atoms with E-state index in [1.165, 1.54) is 23.4 Å². The number of primary amides is 1. The number of likely N-dealkylation sites (tertiary alicyclic amines) is 1. The second kappa shape index (κ2) is 9.30. The minimum Gasteiger partial charge on any atom is -0.443 e. The molecule has 3 atom stereocenters. The molecule has 7 rings (SSSR count). The Bertz CT molecular complexity index is 1780. The first-order chi connectivity index (χ1) is 19.9. The molecular formula is C32H35BrFN5O3. The Morgan fingerprint density at radius 2 is 1.95 bits per heavy atom. The van der Waals surface area contributed by atoms with E-state index in [1.54, 1.807) is 11.1 Å². The van der Waals surface area contributed by atoms with Crippen molar-refractivity contribution >= 4 is 44.3 Å². The quantitative estimate of drug-likeness (QED) is 0.264. The summed E-state index contributed by atoms with van der Waals surface area (Å²) in [6.45, 7) is 9.33. The van der Waals surface area contributed by atoms with Crippen molar-refractivity contribution in [2.75, 3.05) is 6.54 Å². The summed E-state index contributed by atoms with van der Waals surface area (Å²) >= 11 is 3.61. The van der Waals surface area contributed by atoms with Crippen LogP contribution in [0.25, 0.3) is 27.8 Å². The maximum absolute atomic E-state index is 15.9. The Kier molecular flexibility index (Phi) is 6.07. The average Bonchev–Trinajstić information content (AvgIpc) is 3.31. The predicted molar refractivity (Wildman–Crippen MR) is 162 cm³/mol. The first kappa shape index (κ1) is 27.4. The van der Waals surface area contributed by atoms with Crippen molar-refractivity contribution < 1.29 is 18.7 Å². The molecule has 3 fully saturated rings. The molecule has 2 saturated carbocycles. The van der Waals surface area contributed by atoms with Gasteiger partial charge in [-0.15, -0.1) is 0 Å². The maximum Gasteiger partial charge on any atom is 0.404 e. The van der Waals surface area contributed by atoms with E-state index in [4.69, 9.17) is 15.6 Å². The molecule has 42 heavy (non-hydrogen) atoms. The molecule has 220 valence electrons. The van der Waals surface area contributed by atoms with E-state index in [0.29, 0.717) is 30.1 Å². The standard InChI is InChI=1S/C32H35BrFN5O3/c1-17-26(25-12-19-7-8-22(33)13-24(19)37(25)14-18-5-6-18)36-39-16-21(11-23(34)27(17)39)29(40)38-15-20-9-10-32(38,31(2,3)4)28(20)42-30(35)41/h7-8,11-13,16,18,20,28H,5-6,9-10,14-15H2,1-4H3,(H2,35,41)/t20?,28-,32?/m1/s1. The first-order valence-corrected chi connectivity index (χ1v) is 15.4. The van der Waals surface area contributed by atoms with Gasteiger partial charge in [-0.2, -0.15) is 5.10 Å². The number of fused-ring (bicyclic) bond motifs is 4. The number of carbonyl (C=O) groups is 2. The number of pyridine rings is 1. The van der Waals surface area contributed by atoms with Crippen molar-refractivity contribution in [3.63, 3.8) is 0 Å². The topological polar surface area (TPSA) is 94.9 Å². The van der Waals surface area contributed by atoms with Crippen LogP contribution < -0.4 is 5.73 Å². The number of benzene rings is 1. The summed E-state index contributed by atoms with van der Waals surface area (Å²) in [5.74, 6) is -0.177. The van der Waals surface area contributed by atoms with E-state index < -0.39 is 29.0 Å². The number of nitrogens with two attached hydrogens (primary N) is 1. The Balaban J connectivity index is 1.32. The molecule has 2 bridgehead atoms. The Labute approximate surface area is 252 Å². The fourth-order valence-corrected chi connectivity index (χ4v) is 8.07. The summed E-state index contributed by atoms with van der Waals surface area (Å²) in [5, 5.41) is 5.98. The highest BCUT2D eigenvalue weighted by atomic mass is 79.9. The van der Waals surface area contributed by atoms with Gasteiger partial charge in [0.25, 0.3) is 5.91 Å². The van der Waals surface area contributed by atoms with E-state index in [9.17, 15) is 9.59 Å². The zero-order valence-electron chi connectivity index (χ0n) is 24.3. The third-order valence-corrected chi connectivity index (χ3v) is 10.4. The number of amides is 2.